The van der Waals surface area contributed by atoms with E-state index in [0.717, 1.165) is 36.2 Å². The Morgan fingerprint density at radius 3 is 2.66 bits per heavy atom. The molecule has 0 bridgehead atoms. The number of morpholine rings is 1. The molecule has 29 heavy (non-hydrogen) atoms. The first kappa shape index (κ1) is 19.1. The molecule has 1 fully saturated rings. The van der Waals surface area contributed by atoms with Gasteiger partial charge in [0.15, 0.2) is 11.6 Å². The first-order valence-corrected chi connectivity index (χ1v) is 9.66. The minimum atomic E-state index is 0.0552. The van der Waals surface area contributed by atoms with E-state index in [1.54, 1.807) is 12.4 Å². The Hall–Kier alpha value is -3.27. The van der Waals surface area contributed by atoms with Crippen molar-refractivity contribution in [3.63, 3.8) is 0 Å². The van der Waals surface area contributed by atoms with E-state index in [2.05, 4.69) is 33.5 Å². The van der Waals surface area contributed by atoms with Crippen molar-refractivity contribution in [2.75, 3.05) is 26.3 Å². The molecule has 6 nitrogen and oxygen atoms in total. The molecule has 1 saturated heterocycles. The summed E-state index contributed by atoms with van der Waals surface area (Å²) in [5.74, 6) is 1.29. The number of hydrogen-bond donors (Lipinski definition) is 1. The molecule has 1 aromatic heterocycles. The third-order valence-corrected chi connectivity index (χ3v) is 4.72. The maximum atomic E-state index is 9.07. The third kappa shape index (κ3) is 5.17. The highest BCUT2D eigenvalue weighted by atomic mass is 16.5. The highest BCUT2D eigenvalue weighted by Crippen LogP contribution is 2.20. The monoisotopic (exact) mass is 386 g/mol. The van der Waals surface area contributed by atoms with E-state index in [-0.39, 0.29) is 6.10 Å². The molecule has 0 radical (unpaired) electrons. The van der Waals surface area contributed by atoms with Crippen LogP contribution in [0.1, 0.15) is 16.7 Å². The third-order valence-electron chi connectivity index (χ3n) is 4.72. The number of nitriles is 1. The van der Waals surface area contributed by atoms with Gasteiger partial charge in [0.1, 0.15) is 12.7 Å². The Labute approximate surface area is 170 Å². The molecule has 3 aromatic rings. The quantitative estimate of drug-likeness (QED) is 0.702. The van der Waals surface area contributed by atoms with E-state index in [1.807, 2.05) is 36.4 Å². The Morgan fingerprint density at radius 1 is 1.10 bits per heavy atom. The van der Waals surface area contributed by atoms with Crippen molar-refractivity contribution < 1.29 is 9.47 Å². The molecule has 0 saturated carbocycles. The van der Waals surface area contributed by atoms with E-state index in [1.165, 1.54) is 0 Å². The molecule has 6 heteroatoms. The summed E-state index contributed by atoms with van der Waals surface area (Å²) in [7, 11) is 0. The summed E-state index contributed by atoms with van der Waals surface area (Å²) in [6.45, 7) is 2.87. The highest BCUT2D eigenvalue weighted by molar-refractivity contribution is 5.56. The van der Waals surface area contributed by atoms with Crippen LogP contribution < -0.4 is 10.1 Å². The minimum absolute atomic E-state index is 0.0552. The van der Waals surface area contributed by atoms with Crippen molar-refractivity contribution in [2.24, 2.45) is 0 Å². The van der Waals surface area contributed by atoms with Crippen LogP contribution >= 0.6 is 0 Å². The largest absolute Gasteiger partial charge is 0.488 e. The summed E-state index contributed by atoms with van der Waals surface area (Å²) < 4.78 is 11.4. The van der Waals surface area contributed by atoms with Crippen molar-refractivity contribution in [3.8, 4) is 23.2 Å². The van der Waals surface area contributed by atoms with Crippen LogP contribution in [0, 0.1) is 11.3 Å². The smallest absolute Gasteiger partial charge is 0.159 e. The summed E-state index contributed by atoms with van der Waals surface area (Å²) in [5.41, 5.74) is 3.87. The summed E-state index contributed by atoms with van der Waals surface area (Å²) >= 11 is 0. The van der Waals surface area contributed by atoms with E-state index in [9.17, 15) is 0 Å². The predicted octanol–water partition coefficient (Wildman–Crippen LogP) is 2.97. The number of rotatable bonds is 6. The molecule has 2 heterocycles. The number of ether oxygens (including phenoxy) is 2. The van der Waals surface area contributed by atoms with Gasteiger partial charge in [-0.1, -0.05) is 30.3 Å². The number of nitrogens with zero attached hydrogens (tertiary/aromatic N) is 3. The van der Waals surface area contributed by atoms with E-state index in [4.69, 9.17) is 14.7 Å². The van der Waals surface area contributed by atoms with Gasteiger partial charge >= 0.3 is 0 Å². The fourth-order valence-corrected chi connectivity index (χ4v) is 3.26. The van der Waals surface area contributed by atoms with Crippen LogP contribution in [-0.2, 0) is 11.2 Å². The maximum absolute atomic E-state index is 9.07. The summed E-state index contributed by atoms with van der Waals surface area (Å²) in [6.07, 6.45) is 4.20. The Bertz CT molecular complexity index is 992. The van der Waals surface area contributed by atoms with Crippen LogP contribution in [0.4, 0.5) is 0 Å². The van der Waals surface area contributed by atoms with Gasteiger partial charge in [0, 0.05) is 18.7 Å². The van der Waals surface area contributed by atoms with Gasteiger partial charge in [0.25, 0.3) is 0 Å². The number of benzene rings is 2. The number of aromatic nitrogens is 2. The van der Waals surface area contributed by atoms with Gasteiger partial charge in [-0.2, -0.15) is 5.26 Å². The molecule has 1 aliphatic rings. The first-order chi connectivity index (χ1) is 14.3. The standard InChI is InChI=1S/C23H22N4O2/c24-12-19-5-1-3-17(10-19)9-18-4-2-6-20(11-18)23-26-14-21(15-27-23)29-16-22-13-25-7-8-28-22/h1-6,10-11,14-15,22,25H,7-9,13,16H2. The van der Waals surface area contributed by atoms with Gasteiger partial charge in [-0.05, 0) is 35.7 Å². The van der Waals surface area contributed by atoms with Gasteiger partial charge in [0.05, 0.1) is 30.6 Å². The van der Waals surface area contributed by atoms with Crippen molar-refractivity contribution in [1.82, 2.24) is 15.3 Å². The summed E-state index contributed by atoms with van der Waals surface area (Å²) in [6, 6.07) is 18.0. The van der Waals surface area contributed by atoms with Crippen LogP contribution in [0.5, 0.6) is 5.75 Å². The lowest BCUT2D eigenvalue weighted by Crippen LogP contribution is -2.41. The van der Waals surface area contributed by atoms with Crippen molar-refractivity contribution in [1.29, 1.82) is 5.26 Å². The molecule has 4 rings (SSSR count). The molecule has 1 N–H and O–H groups in total. The Kier molecular flexibility index (Phi) is 6.10. The molecule has 1 unspecified atom stereocenters. The second-order valence-corrected chi connectivity index (χ2v) is 6.94. The zero-order valence-corrected chi connectivity index (χ0v) is 16.0. The lowest BCUT2D eigenvalue weighted by molar-refractivity contribution is 0.0000563. The zero-order valence-electron chi connectivity index (χ0n) is 16.0. The van der Waals surface area contributed by atoms with E-state index < -0.39 is 0 Å². The molecule has 1 aliphatic heterocycles. The van der Waals surface area contributed by atoms with Gasteiger partial charge in [-0.25, -0.2) is 9.97 Å². The van der Waals surface area contributed by atoms with Gasteiger partial charge in [-0.3, -0.25) is 0 Å². The van der Waals surface area contributed by atoms with Crippen molar-refractivity contribution in [2.45, 2.75) is 12.5 Å². The van der Waals surface area contributed by atoms with Gasteiger partial charge in [-0.15, -0.1) is 0 Å². The van der Waals surface area contributed by atoms with E-state index >= 15 is 0 Å². The summed E-state index contributed by atoms with van der Waals surface area (Å²) in [5, 5.41) is 12.3. The molecule has 2 aromatic carbocycles. The molecule has 0 spiro atoms. The molecular formula is C23H22N4O2. The number of hydrogen-bond acceptors (Lipinski definition) is 6. The van der Waals surface area contributed by atoms with Crippen LogP contribution in [-0.4, -0.2) is 42.4 Å². The summed E-state index contributed by atoms with van der Waals surface area (Å²) in [4.78, 5) is 8.91. The number of nitrogens with one attached hydrogen (secondary N) is 1. The zero-order chi connectivity index (χ0) is 19.9. The topological polar surface area (TPSA) is 80.1 Å². The second kappa shape index (κ2) is 9.28. The minimum Gasteiger partial charge on any atom is -0.488 e. The SMILES string of the molecule is N#Cc1cccc(Cc2cccc(-c3ncc(OCC4CNCCO4)cn3)c2)c1. The van der Waals surface area contributed by atoms with Gasteiger partial charge in [0.2, 0.25) is 0 Å². The first-order valence-electron chi connectivity index (χ1n) is 9.66. The van der Waals surface area contributed by atoms with Crippen LogP contribution in [0.2, 0.25) is 0 Å². The lowest BCUT2D eigenvalue weighted by Gasteiger charge is -2.23. The van der Waals surface area contributed by atoms with Crippen molar-refractivity contribution in [3.05, 3.63) is 77.6 Å². The lowest BCUT2D eigenvalue weighted by atomic mass is 10.0. The predicted molar refractivity (Wildman–Crippen MR) is 110 cm³/mol. The molecule has 0 aliphatic carbocycles. The molecule has 146 valence electrons. The van der Waals surface area contributed by atoms with Crippen LogP contribution in [0.3, 0.4) is 0 Å². The van der Waals surface area contributed by atoms with Crippen LogP contribution in [0.25, 0.3) is 11.4 Å². The maximum Gasteiger partial charge on any atom is 0.159 e. The second-order valence-electron chi connectivity index (χ2n) is 6.94. The average Bonchev–Trinajstić information content (AvgIpc) is 2.79. The fourth-order valence-electron chi connectivity index (χ4n) is 3.26. The van der Waals surface area contributed by atoms with Crippen LogP contribution in [0.15, 0.2) is 60.9 Å². The molecular weight excluding hydrogens is 364 g/mol. The molecule has 0 amide bonds. The average molecular weight is 386 g/mol. The molecule has 1 atom stereocenters. The Balaban J connectivity index is 1.41. The Morgan fingerprint density at radius 2 is 1.90 bits per heavy atom. The fraction of sp³-hybridized carbons (Fsp3) is 0.261. The van der Waals surface area contributed by atoms with E-state index in [0.29, 0.717) is 30.4 Å². The normalized spacial score (nSPS) is 16.2. The van der Waals surface area contributed by atoms with Crippen molar-refractivity contribution >= 4 is 0 Å². The van der Waals surface area contributed by atoms with Gasteiger partial charge < -0.3 is 14.8 Å². The highest BCUT2D eigenvalue weighted by Gasteiger charge is 2.14.